The number of thioether (sulfide) groups is 1. The van der Waals surface area contributed by atoms with Crippen LogP contribution < -0.4 is 5.32 Å². The first-order valence-electron chi connectivity index (χ1n) is 6.78. The third kappa shape index (κ3) is 8.14. The van der Waals surface area contributed by atoms with Crippen molar-refractivity contribution in [3.63, 3.8) is 0 Å². The van der Waals surface area contributed by atoms with E-state index in [2.05, 4.69) is 19.2 Å². The Morgan fingerprint density at radius 1 is 1.26 bits per heavy atom. The van der Waals surface area contributed by atoms with Gasteiger partial charge in [0.15, 0.2) is 0 Å². The van der Waals surface area contributed by atoms with Crippen LogP contribution in [-0.2, 0) is 9.59 Å². The van der Waals surface area contributed by atoms with Gasteiger partial charge in [0.25, 0.3) is 0 Å². The molecular weight excluding hydrogens is 262 g/mol. The minimum absolute atomic E-state index is 0.0485. The third-order valence-electron chi connectivity index (χ3n) is 3.29. The fourth-order valence-corrected chi connectivity index (χ4v) is 2.59. The van der Waals surface area contributed by atoms with E-state index in [1.807, 2.05) is 13.8 Å². The Balaban J connectivity index is 4.21. The number of hydrogen-bond acceptors (Lipinski definition) is 3. The molecule has 0 aromatic carbocycles. The molecule has 2 N–H and O–H groups in total. The van der Waals surface area contributed by atoms with E-state index in [1.165, 1.54) is 0 Å². The number of amides is 1. The van der Waals surface area contributed by atoms with Crippen molar-refractivity contribution in [1.29, 1.82) is 0 Å². The summed E-state index contributed by atoms with van der Waals surface area (Å²) in [6.07, 6.45) is 1.04. The van der Waals surface area contributed by atoms with Gasteiger partial charge in [0.05, 0.1) is 12.2 Å². The maximum absolute atomic E-state index is 11.9. The van der Waals surface area contributed by atoms with E-state index in [9.17, 15) is 9.59 Å². The first-order valence-corrected chi connectivity index (χ1v) is 7.93. The number of carbonyl (C=O) groups is 2. The largest absolute Gasteiger partial charge is 0.481 e. The Morgan fingerprint density at radius 2 is 1.84 bits per heavy atom. The summed E-state index contributed by atoms with van der Waals surface area (Å²) in [6, 6.07) is 0. The molecule has 0 heterocycles. The van der Waals surface area contributed by atoms with Crippen LogP contribution in [0.2, 0.25) is 0 Å². The van der Waals surface area contributed by atoms with Crippen LogP contribution in [0.25, 0.3) is 0 Å². The fourth-order valence-electron chi connectivity index (χ4n) is 1.55. The zero-order chi connectivity index (χ0) is 15.1. The normalized spacial score (nSPS) is 14.5. The lowest BCUT2D eigenvalue weighted by molar-refractivity contribution is -0.139. The summed E-state index contributed by atoms with van der Waals surface area (Å²) < 4.78 is 0. The minimum atomic E-state index is -0.885. The molecule has 0 saturated heterocycles. The molecule has 0 aliphatic rings. The predicted molar refractivity (Wildman–Crippen MR) is 80.4 cm³/mol. The summed E-state index contributed by atoms with van der Waals surface area (Å²) in [5, 5.41) is 11.8. The van der Waals surface area contributed by atoms with Crippen molar-refractivity contribution in [3.8, 4) is 0 Å². The van der Waals surface area contributed by atoms with Gasteiger partial charge in [-0.3, -0.25) is 9.59 Å². The van der Waals surface area contributed by atoms with Gasteiger partial charge in [-0.1, -0.05) is 27.7 Å². The lowest BCUT2D eigenvalue weighted by Gasteiger charge is -2.33. The molecule has 0 spiro atoms. The van der Waals surface area contributed by atoms with Crippen molar-refractivity contribution in [2.75, 3.05) is 11.5 Å². The molecule has 1 unspecified atom stereocenters. The molecule has 0 bridgehead atoms. The zero-order valence-corrected chi connectivity index (χ0v) is 13.5. The van der Waals surface area contributed by atoms with E-state index in [0.717, 1.165) is 12.2 Å². The Labute approximate surface area is 120 Å². The summed E-state index contributed by atoms with van der Waals surface area (Å²) >= 11 is 1.60. The highest BCUT2D eigenvalue weighted by Crippen LogP contribution is 2.21. The van der Waals surface area contributed by atoms with Crippen LogP contribution in [0.5, 0.6) is 0 Å². The van der Waals surface area contributed by atoms with Crippen molar-refractivity contribution in [1.82, 2.24) is 5.32 Å². The number of carboxylic acids is 1. The zero-order valence-electron chi connectivity index (χ0n) is 12.7. The molecule has 0 rings (SSSR count). The van der Waals surface area contributed by atoms with Crippen molar-refractivity contribution < 1.29 is 14.7 Å². The van der Waals surface area contributed by atoms with Crippen LogP contribution in [0.15, 0.2) is 0 Å². The van der Waals surface area contributed by atoms with E-state index in [4.69, 9.17) is 5.11 Å². The van der Waals surface area contributed by atoms with Crippen molar-refractivity contribution >= 4 is 23.6 Å². The molecule has 0 aliphatic heterocycles. The van der Waals surface area contributed by atoms with E-state index >= 15 is 0 Å². The number of aliphatic carboxylic acids is 1. The van der Waals surface area contributed by atoms with Gasteiger partial charge >= 0.3 is 5.97 Å². The van der Waals surface area contributed by atoms with Crippen LogP contribution in [0, 0.1) is 11.8 Å². The van der Waals surface area contributed by atoms with Crippen molar-refractivity contribution in [2.45, 2.75) is 53.0 Å². The Kier molecular flexibility index (Phi) is 8.14. The standard InChI is InChI=1S/C14H27NO3S/c1-10(2)6-7-19-9-12(16)15-14(5,11(3)4)8-13(17)18/h10-11H,6-9H2,1-5H3,(H,15,16)(H,17,18). The molecule has 0 fully saturated rings. The molecule has 0 radical (unpaired) electrons. The Morgan fingerprint density at radius 3 is 2.26 bits per heavy atom. The second-order valence-electron chi connectivity index (χ2n) is 5.93. The monoisotopic (exact) mass is 289 g/mol. The van der Waals surface area contributed by atoms with E-state index in [1.54, 1.807) is 18.7 Å². The number of rotatable bonds is 9. The predicted octanol–water partition coefficient (Wildman–Crippen LogP) is 2.77. The summed E-state index contributed by atoms with van der Waals surface area (Å²) in [5.41, 5.74) is -0.679. The molecule has 0 aromatic rings. The molecule has 1 atom stereocenters. The SMILES string of the molecule is CC(C)CCSCC(=O)NC(C)(CC(=O)O)C(C)C. The van der Waals surface area contributed by atoms with Gasteiger partial charge in [-0.05, 0) is 30.9 Å². The Bertz CT molecular complexity index is 305. The lowest BCUT2D eigenvalue weighted by atomic mass is 9.85. The molecule has 4 nitrogen and oxygen atoms in total. The van der Waals surface area contributed by atoms with Crippen molar-refractivity contribution in [2.24, 2.45) is 11.8 Å². The molecule has 0 aromatic heterocycles. The average molecular weight is 289 g/mol. The summed E-state index contributed by atoms with van der Waals surface area (Å²) in [7, 11) is 0. The number of hydrogen-bond donors (Lipinski definition) is 2. The highest BCUT2D eigenvalue weighted by Gasteiger charge is 2.32. The van der Waals surface area contributed by atoms with Gasteiger partial charge in [0.1, 0.15) is 0 Å². The van der Waals surface area contributed by atoms with Gasteiger partial charge in [-0.25, -0.2) is 0 Å². The van der Waals surface area contributed by atoms with Crippen LogP contribution in [0.4, 0.5) is 0 Å². The quantitative estimate of drug-likeness (QED) is 0.641. The maximum Gasteiger partial charge on any atom is 0.305 e. The average Bonchev–Trinajstić information content (AvgIpc) is 2.22. The highest BCUT2D eigenvalue weighted by molar-refractivity contribution is 7.99. The fraction of sp³-hybridized carbons (Fsp3) is 0.857. The number of carboxylic acid groups (broad SMARTS) is 1. The van der Waals surface area contributed by atoms with Crippen LogP contribution >= 0.6 is 11.8 Å². The molecule has 5 heteroatoms. The van der Waals surface area contributed by atoms with E-state index < -0.39 is 11.5 Å². The highest BCUT2D eigenvalue weighted by atomic mass is 32.2. The van der Waals surface area contributed by atoms with Gasteiger partial charge < -0.3 is 10.4 Å². The van der Waals surface area contributed by atoms with Gasteiger partial charge in [0.2, 0.25) is 5.91 Å². The van der Waals surface area contributed by atoms with Crippen LogP contribution in [-0.4, -0.2) is 34.0 Å². The molecule has 1 amide bonds. The molecule has 19 heavy (non-hydrogen) atoms. The number of carbonyl (C=O) groups excluding carboxylic acids is 1. The second kappa shape index (κ2) is 8.46. The third-order valence-corrected chi connectivity index (χ3v) is 4.28. The lowest BCUT2D eigenvalue weighted by Crippen LogP contribution is -2.51. The smallest absolute Gasteiger partial charge is 0.305 e. The van der Waals surface area contributed by atoms with Crippen LogP contribution in [0.3, 0.4) is 0 Å². The Hall–Kier alpha value is -0.710. The minimum Gasteiger partial charge on any atom is -0.481 e. The molecular formula is C14H27NO3S. The molecule has 0 saturated carbocycles. The maximum atomic E-state index is 11.9. The summed E-state index contributed by atoms with van der Waals surface area (Å²) in [4.78, 5) is 22.7. The van der Waals surface area contributed by atoms with Crippen molar-refractivity contribution in [3.05, 3.63) is 0 Å². The topological polar surface area (TPSA) is 66.4 Å². The van der Waals surface area contributed by atoms with Gasteiger partial charge in [-0.15, -0.1) is 0 Å². The van der Waals surface area contributed by atoms with E-state index in [-0.39, 0.29) is 18.2 Å². The molecule has 0 aliphatic carbocycles. The summed E-state index contributed by atoms with van der Waals surface area (Å²) in [6.45, 7) is 9.96. The van der Waals surface area contributed by atoms with Gasteiger partial charge in [-0.2, -0.15) is 11.8 Å². The first kappa shape index (κ1) is 18.3. The first-order chi connectivity index (χ1) is 8.67. The number of nitrogens with one attached hydrogen (secondary N) is 1. The summed E-state index contributed by atoms with van der Waals surface area (Å²) in [5.74, 6) is 1.11. The molecule has 112 valence electrons. The van der Waals surface area contributed by atoms with E-state index in [0.29, 0.717) is 11.7 Å². The van der Waals surface area contributed by atoms with Crippen LogP contribution in [0.1, 0.15) is 47.5 Å². The second-order valence-corrected chi connectivity index (χ2v) is 7.03. The van der Waals surface area contributed by atoms with Gasteiger partial charge in [0, 0.05) is 5.54 Å².